The van der Waals surface area contributed by atoms with Crippen molar-refractivity contribution in [2.45, 2.75) is 12.7 Å². The molecule has 0 fully saturated rings. The number of ether oxygens (including phenoxy) is 3. The van der Waals surface area contributed by atoms with Gasteiger partial charge in [-0.25, -0.2) is 0 Å². The maximum atomic E-state index is 12.4. The predicted molar refractivity (Wildman–Crippen MR) is 114 cm³/mol. The maximum absolute atomic E-state index is 12.4. The second kappa shape index (κ2) is 10.2. The Kier molecular flexibility index (Phi) is 7.37. The molecule has 0 bridgehead atoms. The summed E-state index contributed by atoms with van der Waals surface area (Å²) >= 11 is 3.37. The molecular formula is C22H22BrNO6. The van der Waals surface area contributed by atoms with Crippen molar-refractivity contribution < 1.29 is 28.5 Å². The van der Waals surface area contributed by atoms with Crippen molar-refractivity contribution in [2.75, 3.05) is 20.8 Å². The van der Waals surface area contributed by atoms with Gasteiger partial charge in [-0.2, -0.15) is 0 Å². The van der Waals surface area contributed by atoms with E-state index in [2.05, 4.69) is 21.2 Å². The molecule has 0 radical (unpaired) electrons. The molecule has 1 unspecified atom stereocenters. The lowest BCUT2D eigenvalue weighted by molar-refractivity contribution is 0.0883. The zero-order chi connectivity index (χ0) is 21.5. The van der Waals surface area contributed by atoms with Crippen molar-refractivity contribution >= 4 is 21.8 Å². The smallest absolute Gasteiger partial charge is 0.287 e. The molecule has 0 saturated heterocycles. The van der Waals surface area contributed by atoms with Gasteiger partial charge in [0.1, 0.15) is 35.7 Å². The summed E-state index contributed by atoms with van der Waals surface area (Å²) < 4.78 is 22.6. The SMILES string of the molecule is COc1ccc(OC)c(C(O)CNC(=O)c2ccc(COc3ccc(Br)cc3)o2)c1. The molecule has 2 N–H and O–H groups in total. The molecule has 0 aliphatic heterocycles. The number of hydrogen-bond donors (Lipinski definition) is 2. The van der Waals surface area contributed by atoms with E-state index in [1.807, 2.05) is 24.3 Å². The first-order valence-electron chi connectivity index (χ1n) is 9.15. The Morgan fingerprint density at radius 3 is 2.50 bits per heavy atom. The molecule has 30 heavy (non-hydrogen) atoms. The molecule has 7 nitrogen and oxygen atoms in total. The number of aliphatic hydroxyl groups excluding tert-OH is 1. The van der Waals surface area contributed by atoms with Gasteiger partial charge in [-0.1, -0.05) is 15.9 Å². The number of rotatable bonds is 9. The normalized spacial score (nSPS) is 11.6. The fourth-order valence-corrected chi connectivity index (χ4v) is 3.01. The number of amides is 1. The highest BCUT2D eigenvalue weighted by Gasteiger charge is 2.18. The van der Waals surface area contributed by atoms with E-state index >= 15 is 0 Å². The van der Waals surface area contributed by atoms with Crippen LogP contribution in [0.2, 0.25) is 0 Å². The zero-order valence-corrected chi connectivity index (χ0v) is 18.1. The zero-order valence-electron chi connectivity index (χ0n) is 16.6. The molecule has 8 heteroatoms. The van der Waals surface area contributed by atoms with Gasteiger partial charge in [0, 0.05) is 16.6 Å². The van der Waals surface area contributed by atoms with E-state index in [4.69, 9.17) is 18.6 Å². The van der Waals surface area contributed by atoms with Crippen LogP contribution in [0.25, 0.3) is 0 Å². The molecule has 3 rings (SSSR count). The summed E-state index contributed by atoms with van der Waals surface area (Å²) in [5.41, 5.74) is 0.514. The van der Waals surface area contributed by atoms with E-state index in [-0.39, 0.29) is 18.9 Å². The highest BCUT2D eigenvalue weighted by Crippen LogP contribution is 2.29. The molecule has 1 aromatic heterocycles. The Balaban J connectivity index is 1.56. The predicted octanol–water partition coefficient (Wildman–Crippen LogP) is 4.10. The van der Waals surface area contributed by atoms with Gasteiger partial charge in [-0.15, -0.1) is 0 Å². The van der Waals surface area contributed by atoms with Crippen LogP contribution in [-0.2, 0) is 6.61 Å². The standard InChI is InChI=1S/C22H22BrNO6/c1-27-16-7-9-20(28-2)18(11-16)19(25)12-24-22(26)21-10-8-17(30-21)13-29-15-5-3-14(23)4-6-15/h3-11,19,25H,12-13H2,1-2H3,(H,24,26). The Morgan fingerprint density at radius 2 is 1.80 bits per heavy atom. The maximum Gasteiger partial charge on any atom is 0.287 e. The molecule has 3 aromatic rings. The second-order valence-electron chi connectivity index (χ2n) is 6.34. The minimum absolute atomic E-state index is 0.0201. The number of carbonyl (C=O) groups excluding carboxylic acids is 1. The quantitative estimate of drug-likeness (QED) is 0.484. The summed E-state index contributed by atoms with van der Waals surface area (Å²) in [4.78, 5) is 12.4. The van der Waals surface area contributed by atoms with E-state index < -0.39 is 12.0 Å². The molecule has 158 valence electrons. The number of halogens is 1. The number of methoxy groups -OCH3 is 2. The van der Waals surface area contributed by atoms with Crippen LogP contribution < -0.4 is 19.5 Å². The third-order valence-corrected chi connectivity index (χ3v) is 4.86. The largest absolute Gasteiger partial charge is 0.497 e. The lowest BCUT2D eigenvalue weighted by atomic mass is 10.1. The third kappa shape index (κ3) is 5.55. The van der Waals surface area contributed by atoms with Crippen molar-refractivity contribution in [3.05, 3.63) is 76.2 Å². The number of carbonyl (C=O) groups is 1. The summed E-state index contributed by atoms with van der Waals surface area (Å²) in [7, 11) is 3.05. The second-order valence-corrected chi connectivity index (χ2v) is 7.26. The summed E-state index contributed by atoms with van der Waals surface area (Å²) in [6, 6.07) is 15.7. The lowest BCUT2D eigenvalue weighted by Gasteiger charge is -2.16. The first kappa shape index (κ1) is 21.7. The molecule has 1 atom stereocenters. The van der Waals surface area contributed by atoms with Gasteiger partial charge in [0.15, 0.2) is 5.76 Å². The Morgan fingerprint density at radius 1 is 1.07 bits per heavy atom. The van der Waals surface area contributed by atoms with Crippen LogP contribution in [0.4, 0.5) is 0 Å². The number of hydrogen-bond acceptors (Lipinski definition) is 6. The first-order valence-corrected chi connectivity index (χ1v) is 9.94. The van der Waals surface area contributed by atoms with Crippen molar-refractivity contribution in [3.8, 4) is 17.2 Å². The highest BCUT2D eigenvalue weighted by molar-refractivity contribution is 9.10. The van der Waals surface area contributed by atoms with Crippen LogP contribution in [0.15, 0.2) is 63.5 Å². The van der Waals surface area contributed by atoms with Gasteiger partial charge in [-0.05, 0) is 54.6 Å². The van der Waals surface area contributed by atoms with E-state index in [1.54, 1.807) is 30.3 Å². The number of aliphatic hydroxyl groups is 1. The van der Waals surface area contributed by atoms with E-state index in [0.29, 0.717) is 28.6 Å². The lowest BCUT2D eigenvalue weighted by Crippen LogP contribution is -2.28. The van der Waals surface area contributed by atoms with E-state index in [0.717, 1.165) is 4.47 Å². The van der Waals surface area contributed by atoms with Crippen LogP contribution in [-0.4, -0.2) is 31.8 Å². The van der Waals surface area contributed by atoms with Gasteiger partial charge in [0.25, 0.3) is 5.91 Å². The van der Waals surface area contributed by atoms with Crippen molar-refractivity contribution in [3.63, 3.8) is 0 Å². The Bertz CT molecular complexity index is 986. The molecule has 0 aliphatic rings. The molecule has 1 heterocycles. The first-order chi connectivity index (χ1) is 14.5. The summed E-state index contributed by atoms with van der Waals surface area (Å²) in [6.07, 6.45) is -0.978. The van der Waals surface area contributed by atoms with Gasteiger partial charge in [0.05, 0.1) is 14.2 Å². The minimum Gasteiger partial charge on any atom is -0.497 e. The minimum atomic E-state index is -0.978. The average molecular weight is 476 g/mol. The number of furan rings is 1. The summed E-state index contributed by atoms with van der Waals surface area (Å²) in [6.45, 7) is 0.173. The Labute approximate surface area is 182 Å². The molecule has 0 spiro atoms. The molecule has 2 aromatic carbocycles. The Hall–Kier alpha value is -2.97. The highest BCUT2D eigenvalue weighted by atomic mass is 79.9. The van der Waals surface area contributed by atoms with Crippen molar-refractivity contribution in [1.82, 2.24) is 5.32 Å². The van der Waals surface area contributed by atoms with E-state index in [1.165, 1.54) is 14.2 Å². The van der Waals surface area contributed by atoms with Crippen LogP contribution >= 0.6 is 15.9 Å². The van der Waals surface area contributed by atoms with Crippen molar-refractivity contribution in [2.24, 2.45) is 0 Å². The molecule has 0 aliphatic carbocycles. The average Bonchev–Trinajstić information content (AvgIpc) is 3.25. The molecule has 0 saturated carbocycles. The van der Waals surface area contributed by atoms with Crippen LogP contribution in [0.1, 0.15) is 28.0 Å². The number of benzene rings is 2. The monoisotopic (exact) mass is 475 g/mol. The van der Waals surface area contributed by atoms with Crippen molar-refractivity contribution in [1.29, 1.82) is 0 Å². The van der Waals surface area contributed by atoms with Crippen LogP contribution in [0, 0.1) is 0 Å². The van der Waals surface area contributed by atoms with Gasteiger partial charge >= 0.3 is 0 Å². The van der Waals surface area contributed by atoms with Crippen LogP contribution in [0.3, 0.4) is 0 Å². The topological polar surface area (TPSA) is 90.2 Å². The summed E-state index contributed by atoms with van der Waals surface area (Å²) in [5.74, 6) is 1.98. The summed E-state index contributed by atoms with van der Waals surface area (Å²) in [5, 5.41) is 13.1. The van der Waals surface area contributed by atoms with E-state index in [9.17, 15) is 9.90 Å². The van der Waals surface area contributed by atoms with Crippen LogP contribution in [0.5, 0.6) is 17.2 Å². The van der Waals surface area contributed by atoms with Gasteiger partial charge in [-0.3, -0.25) is 4.79 Å². The van der Waals surface area contributed by atoms with Gasteiger partial charge in [0.2, 0.25) is 0 Å². The molecular weight excluding hydrogens is 454 g/mol. The van der Waals surface area contributed by atoms with Gasteiger partial charge < -0.3 is 29.1 Å². The molecule has 1 amide bonds. The fourth-order valence-electron chi connectivity index (χ4n) is 2.75. The fraction of sp³-hybridized carbons (Fsp3) is 0.227. The third-order valence-electron chi connectivity index (χ3n) is 4.33. The number of nitrogens with one attached hydrogen (secondary N) is 1.